The van der Waals surface area contributed by atoms with Crippen LogP contribution in [0.3, 0.4) is 0 Å². The van der Waals surface area contributed by atoms with Crippen LogP contribution in [0.4, 0.5) is 0 Å². The van der Waals surface area contributed by atoms with Crippen molar-refractivity contribution in [1.29, 1.82) is 0 Å². The normalized spacial score (nSPS) is 10.8. The first kappa shape index (κ1) is 22.9. The fraction of sp³-hybridized carbons (Fsp3) is 0. The number of benzene rings is 5. The summed E-state index contributed by atoms with van der Waals surface area (Å²) >= 11 is 6.71. The Morgan fingerprint density at radius 1 is 0.378 bits per heavy atom. The Morgan fingerprint density at radius 2 is 0.811 bits per heavy atom. The van der Waals surface area contributed by atoms with Gasteiger partial charge < -0.3 is 0 Å². The van der Waals surface area contributed by atoms with Crippen LogP contribution in [-0.4, -0.2) is 9.97 Å². The number of aromatic nitrogens is 2. The van der Waals surface area contributed by atoms with Crippen molar-refractivity contribution in [2.24, 2.45) is 0 Å². The highest BCUT2D eigenvalue weighted by atomic mass is 35.5. The van der Waals surface area contributed by atoms with E-state index < -0.39 is 0 Å². The molecule has 0 bridgehead atoms. The molecule has 0 aliphatic carbocycles. The summed E-state index contributed by atoms with van der Waals surface area (Å²) in [6.07, 6.45) is 0. The predicted octanol–water partition coefficient (Wildman–Crippen LogP) is 9.46. The fourth-order valence-electron chi connectivity index (χ4n) is 4.57. The summed E-state index contributed by atoms with van der Waals surface area (Å²) in [5.41, 5.74) is 9.15. The van der Waals surface area contributed by atoms with Crippen molar-refractivity contribution in [1.82, 2.24) is 9.97 Å². The van der Waals surface area contributed by atoms with Crippen LogP contribution in [0.2, 0.25) is 5.02 Å². The van der Waals surface area contributed by atoms with Gasteiger partial charge in [-0.25, -0.2) is 9.97 Å². The first-order valence-electron chi connectivity index (χ1n) is 12.2. The van der Waals surface area contributed by atoms with E-state index in [2.05, 4.69) is 78.9 Å². The number of nitrogens with zero attached hydrogens (tertiary/aromatic N) is 2. The monoisotopic (exact) mass is 494 g/mol. The standard InChI is InChI=1S/C34H23ClN2/c35-29-21-27(31-19-11-10-18-30(31)24-12-4-1-5-13-24)20-28(22-29)34-36-32(25-14-6-2-7-15-25)23-33(37-34)26-16-8-3-9-17-26/h1-23H. The molecule has 0 saturated heterocycles. The first-order valence-corrected chi connectivity index (χ1v) is 12.6. The molecule has 0 atom stereocenters. The summed E-state index contributed by atoms with van der Waals surface area (Å²) in [6, 6.07) is 47.3. The number of hydrogen-bond donors (Lipinski definition) is 0. The smallest absolute Gasteiger partial charge is 0.160 e. The van der Waals surface area contributed by atoms with Gasteiger partial charge in [0.25, 0.3) is 0 Å². The minimum absolute atomic E-state index is 0.640. The molecule has 0 unspecified atom stereocenters. The molecule has 6 aromatic rings. The van der Waals surface area contributed by atoms with Crippen LogP contribution in [0.1, 0.15) is 0 Å². The van der Waals surface area contributed by atoms with Crippen LogP contribution in [0, 0.1) is 0 Å². The van der Waals surface area contributed by atoms with Crippen LogP contribution in [0.25, 0.3) is 56.2 Å². The minimum atomic E-state index is 0.640. The summed E-state index contributed by atoms with van der Waals surface area (Å²) < 4.78 is 0. The lowest BCUT2D eigenvalue weighted by molar-refractivity contribution is 1.18. The lowest BCUT2D eigenvalue weighted by Gasteiger charge is -2.13. The zero-order valence-electron chi connectivity index (χ0n) is 20.1. The van der Waals surface area contributed by atoms with Crippen molar-refractivity contribution in [2.75, 3.05) is 0 Å². The van der Waals surface area contributed by atoms with Gasteiger partial charge in [-0.3, -0.25) is 0 Å². The SMILES string of the molecule is Clc1cc(-c2nc(-c3ccccc3)cc(-c3ccccc3)n2)cc(-c2ccccc2-c2ccccc2)c1. The van der Waals surface area contributed by atoms with E-state index in [0.717, 1.165) is 50.3 Å². The van der Waals surface area contributed by atoms with Gasteiger partial charge in [-0.1, -0.05) is 127 Å². The molecule has 1 heterocycles. The van der Waals surface area contributed by atoms with Gasteiger partial charge in [-0.2, -0.15) is 0 Å². The second kappa shape index (κ2) is 10.2. The summed E-state index contributed by atoms with van der Waals surface area (Å²) in [5.74, 6) is 0.640. The second-order valence-electron chi connectivity index (χ2n) is 8.83. The van der Waals surface area contributed by atoms with Gasteiger partial charge in [0.05, 0.1) is 11.4 Å². The van der Waals surface area contributed by atoms with E-state index in [1.54, 1.807) is 0 Å². The maximum atomic E-state index is 6.71. The Bertz CT molecular complexity index is 1610. The highest BCUT2D eigenvalue weighted by Crippen LogP contribution is 2.36. The number of rotatable bonds is 5. The summed E-state index contributed by atoms with van der Waals surface area (Å²) in [6.45, 7) is 0. The van der Waals surface area contributed by atoms with E-state index in [1.807, 2.05) is 60.7 Å². The molecule has 0 aliphatic rings. The molecule has 0 radical (unpaired) electrons. The van der Waals surface area contributed by atoms with Crippen molar-refractivity contribution in [3.05, 3.63) is 145 Å². The molecule has 0 N–H and O–H groups in total. The quantitative estimate of drug-likeness (QED) is 0.238. The van der Waals surface area contributed by atoms with Gasteiger partial charge in [0.1, 0.15) is 0 Å². The molecule has 0 aliphatic heterocycles. The Labute approximate surface area is 221 Å². The Morgan fingerprint density at radius 3 is 1.35 bits per heavy atom. The lowest BCUT2D eigenvalue weighted by Crippen LogP contribution is -1.96. The topological polar surface area (TPSA) is 25.8 Å². The van der Waals surface area contributed by atoms with Gasteiger partial charge >= 0.3 is 0 Å². The van der Waals surface area contributed by atoms with Gasteiger partial charge in [-0.15, -0.1) is 0 Å². The summed E-state index contributed by atoms with van der Waals surface area (Å²) in [4.78, 5) is 9.97. The molecule has 5 aromatic carbocycles. The Kier molecular flexibility index (Phi) is 6.33. The van der Waals surface area contributed by atoms with E-state index in [1.165, 1.54) is 0 Å². The molecule has 0 saturated carbocycles. The van der Waals surface area contributed by atoms with Gasteiger partial charge in [0.15, 0.2) is 5.82 Å². The zero-order chi connectivity index (χ0) is 25.0. The number of hydrogen-bond acceptors (Lipinski definition) is 2. The highest BCUT2D eigenvalue weighted by Gasteiger charge is 2.14. The summed E-state index contributed by atoms with van der Waals surface area (Å²) in [5, 5.41) is 0.644. The molecular weight excluding hydrogens is 472 g/mol. The van der Waals surface area contributed by atoms with Crippen molar-refractivity contribution < 1.29 is 0 Å². The maximum Gasteiger partial charge on any atom is 0.160 e. The molecule has 1 aromatic heterocycles. The van der Waals surface area contributed by atoms with Crippen LogP contribution >= 0.6 is 11.6 Å². The first-order chi connectivity index (χ1) is 18.2. The molecule has 0 fully saturated rings. The van der Waals surface area contributed by atoms with Crippen molar-refractivity contribution >= 4 is 11.6 Å². The van der Waals surface area contributed by atoms with Gasteiger partial charge in [0, 0.05) is 21.7 Å². The van der Waals surface area contributed by atoms with Crippen LogP contribution in [-0.2, 0) is 0 Å². The van der Waals surface area contributed by atoms with Crippen molar-refractivity contribution in [2.45, 2.75) is 0 Å². The lowest BCUT2D eigenvalue weighted by atomic mass is 9.93. The third-order valence-corrected chi connectivity index (χ3v) is 6.56. The largest absolute Gasteiger partial charge is 0.228 e. The van der Waals surface area contributed by atoms with Gasteiger partial charge in [-0.05, 0) is 46.5 Å². The van der Waals surface area contributed by atoms with Crippen molar-refractivity contribution in [3.8, 4) is 56.2 Å². The molecule has 0 spiro atoms. The maximum absolute atomic E-state index is 6.71. The van der Waals surface area contributed by atoms with E-state index in [9.17, 15) is 0 Å². The number of halogens is 1. The molecule has 2 nitrogen and oxygen atoms in total. The molecule has 6 rings (SSSR count). The second-order valence-corrected chi connectivity index (χ2v) is 9.27. The zero-order valence-corrected chi connectivity index (χ0v) is 20.8. The average molecular weight is 495 g/mol. The van der Waals surface area contributed by atoms with Crippen molar-refractivity contribution in [3.63, 3.8) is 0 Å². The minimum Gasteiger partial charge on any atom is -0.228 e. The average Bonchev–Trinajstić information content (AvgIpc) is 2.98. The van der Waals surface area contributed by atoms with E-state index in [-0.39, 0.29) is 0 Å². The fourth-order valence-corrected chi connectivity index (χ4v) is 4.80. The van der Waals surface area contributed by atoms with E-state index in [4.69, 9.17) is 21.6 Å². The molecule has 176 valence electrons. The van der Waals surface area contributed by atoms with Crippen LogP contribution < -0.4 is 0 Å². The van der Waals surface area contributed by atoms with Gasteiger partial charge in [0.2, 0.25) is 0 Å². The molecular formula is C34H23ClN2. The molecule has 3 heteroatoms. The van der Waals surface area contributed by atoms with Crippen LogP contribution in [0.15, 0.2) is 140 Å². The van der Waals surface area contributed by atoms with E-state index in [0.29, 0.717) is 10.8 Å². The highest BCUT2D eigenvalue weighted by molar-refractivity contribution is 6.31. The Hall–Kier alpha value is -4.53. The Balaban J connectivity index is 1.53. The summed E-state index contributed by atoms with van der Waals surface area (Å²) in [7, 11) is 0. The van der Waals surface area contributed by atoms with E-state index >= 15 is 0 Å². The predicted molar refractivity (Wildman–Crippen MR) is 154 cm³/mol. The third kappa shape index (κ3) is 4.93. The molecule has 37 heavy (non-hydrogen) atoms. The third-order valence-electron chi connectivity index (χ3n) is 6.34. The molecule has 0 amide bonds. The van der Waals surface area contributed by atoms with Crippen LogP contribution in [0.5, 0.6) is 0 Å².